The molecule has 3 aromatic rings. The highest BCUT2D eigenvalue weighted by Crippen LogP contribution is 2.37. The second-order valence-corrected chi connectivity index (χ2v) is 5.96. The van der Waals surface area contributed by atoms with Crippen LogP contribution < -0.4 is 9.47 Å². The van der Waals surface area contributed by atoms with Crippen LogP contribution in [0.2, 0.25) is 5.15 Å². The minimum absolute atomic E-state index is 0.417. The van der Waals surface area contributed by atoms with E-state index in [2.05, 4.69) is 21.7 Å². The maximum absolute atomic E-state index is 6.31. The molecule has 2 heterocycles. The van der Waals surface area contributed by atoms with Crippen molar-refractivity contribution in [2.75, 3.05) is 13.7 Å². The average Bonchev–Trinajstić information content (AvgIpc) is 2.83. The Labute approximate surface area is 146 Å². The van der Waals surface area contributed by atoms with Crippen molar-refractivity contribution in [3.05, 3.63) is 40.4 Å². The summed E-state index contributed by atoms with van der Waals surface area (Å²) in [6.45, 7) is 8.59. The molecule has 0 radical (unpaired) electrons. The number of ether oxygens (including phenoxy) is 2. The van der Waals surface area contributed by atoms with Crippen molar-refractivity contribution >= 4 is 22.4 Å². The minimum atomic E-state index is 0.417. The number of benzene rings is 1. The normalized spacial score (nSPS) is 11.1. The number of methoxy groups -OCH3 is 1. The first-order valence-electron chi connectivity index (χ1n) is 7.81. The van der Waals surface area contributed by atoms with Gasteiger partial charge in [0.2, 0.25) is 0 Å². The zero-order chi connectivity index (χ0) is 17.4. The molecule has 0 fully saturated rings. The lowest BCUT2D eigenvalue weighted by Gasteiger charge is -2.15. The Morgan fingerprint density at radius 3 is 2.42 bits per heavy atom. The standard InChI is InChI=1S/C18H20ClN3O2/c1-6-24-13-7-8-14(15(9-13)23-5)22-11(3)16-10(2)20-21-18(19)17(16)12(22)4/h7-9H,6H2,1-5H3. The molecular formula is C18H20ClN3O2. The highest BCUT2D eigenvalue weighted by molar-refractivity contribution is 6.34. The highest BCUT2D eigenvalue weighted by atomic mass is 35.5. The molecule has 2 aromatic heterocycles. The first-order valence-corrected chi connectivity index (χ1v) is 8.19. The summed E-state index contributed by atoms with van der Waals surface area (Å²) in [5.41, 5.74) is 3.86. The lowest BCUT2D eigenvalue weighted by atomic mass is 10.2. The van der Waals surface area contributed by atoms with Crippen LogP contribution in [0.25, 0.3) is 16.5 Å². The summed E-state index contributed by atoms with van der Waals surface area (Å²) in [7, 11) is 1.66. The molecule has 0 saturated heterocycles. The lowest BCUT2D eigenvalue weighted by Crippen LogP contribution is -2.02. The molecule has 0 spiro atoms. The Bertz CT molecular complexity index is 874. The third kappa shape index (κ3) is 2.49. The minimum Gasteiger partial charge on any atom is -0.494 e. The number of hydrogen-bond acceptors (Lipinski definition) is 4. The van der Waals surface area contributed by atoms with Crippen molar-refractivity contribution in [2.45, 2.75) is 27.7 Å². The lowest BCUT2D eigenvalue weighted by molar-refractivity contribution is 0.336. The topological polar surface area (TPSA) is 49.2 Å². The van der Waals surface area contributed by atoms with Gasteiger partial charge >= 0.3 is 0 Å². The summed E-state index contributed by atoms with van der Waals surface area (Å²) in [4.78, 5) is 0. The number of aryl methyl sites for hydroxylation is 3. The number of aromatic nitrogens is 3. The van der Waals surface area contributed by atoms with Gasteiger partial charge in [0.05, 0.1) is 25.1 Å². The van der Waals surface area contributed by atoms with E-state index in [9.17, 15) is 0 Å². The van der Waals surface area contributed by atoms with Gasteiger partial charge in [-0.15, -0.1) is 5.10 Å². The monoisotopic (exact) mass is 345 g/mol. The van der Waals surface area contributed by atoms with Crippen LogP contribution in [-0.2, 0) is 0 Å². The van der Waals surface area contributed by atoms with Crippen LogP contribution in [0.5, 0.6) is 11.5 Å². The van der Waals surface area contributed by atoms with Crippen molar-refractivity contribution in [1.82, 2.24) is 14.8 Å². The summed E-state index contributed by atoms with van der Waals surface area (Å²) >= 11 is 6.31. The fourth-order valence-electron chi connectivity index (χ4n) is 3.21. The zero-order valence-electron chi connectivity index (χ0n) is 14.5. The molecule has 0 unspecified atom stereocenters. The van der Waals surface area contributed by atoms with Crippen molar-refractivity contribution in [2.24, 2.45) is 0 Å². The molecule has 0 aliphatic carbocycles. The SMILES string of the molecule is CCOc1ccc(-n2c(C)c3c(C)nnc(Cl)c3c2C)c(OC)c1. The van der Waals surface area contributed by atoms with Gasteiger partial charge in [-0.25, -0.2) is 0 Å². The summed E-state index contributed by atoms with van der Waals surface area (Å²) in [6, 6.07) is 5.83. The van der Waals surface area contributed by atoms with E-state index in [-0.39, 0.29) is 0 Å². The van der Waals surface area contributed by atoms with E-state index in [0.717, 1.165) is 45.0 Å². The van der Waals surface area contributed by atoms with E-state index in [0.29, 0.717) is 11.8 Å². The molecule has 0 atom stereocenters. The number of hydrogen-bond donors (Lipinski definition) is 0. The highest BCUT2D eigenvalue weighted by Gasteiger charge is 2.20. The molecule has 3 rings (SSSR count). The Kier molecular flexibility index (Phi) is 4.37. The number of halogens is 1. The Balaban J connectivity index is 2.31. The van der Waals surface area contributed by atoms with Gasteiger partial charge in [-0.1, -0.05) is 11.6 Å². The van der Waals surface area contributed by atoms with Gasteiger partial charge in [-0.3, -0.25) is 0 Å². The van der Waals surface area contributed by atoms with Crippen LogP contribution in [-0.4, -0.2) is 28.5 Å². The maximum atomic E-state index is 6.31. The predicted octanol–water partition coefficient (Wildman–Crippen LogP) is 4.41. The third-order valence-corrected chi connectivity index (χ3v) is 4.47. The van der Waals surface area contributed by atoms with Crippen LogP contribution in [0.4, 0.5) is 0 Å². The zero-order valence-corrected chi connectivity index (χ0v) is 15.2. The van der Waals surface area contributed by atoms with Crippen LogP contribution >= 0.6 is 11.6 Å². The van der Waals surface area contributed by atoms with Crippen LogP contribution in [0.3, 0.4) is 0 Å². The van der Waals surface area contributed by atoms with Gasteiger partial charge in [0.15, 0.2) is 5.15 Å². The van der Waals surface area contributed by atoms with Gasteiger partial charge in [0.25, 0.3) is 0 Å². The molecule has 0 bridgehead atoms. The van der Waals surface area contributed by atoms with Crippen molar-refractivity contribution in [1.29, 1.82) is 0 Å². The van der Waals surface area contributed by atoms with Crippen LogP contribution in [0, 0.1) is 20.8 Å². The molecular weight excluding hydrogens is 326 g/mol. The van der Waals surface area contributed by atoms with Gasteiger partial charge < -0.3 is 14.0 Å². The van der Waals surface area contributed by atoms with Gasteiger partial charge in [0.1, 0.15) is 11.5 Å². The summed E-state index contributed by atoms with van der Waals surface area (Å²) in [6.07, 6.45) is 0. The van der Waals surface area contributed by atoms with Crippen LogP contribution in [0.15, 0.2) is 18.2 Å². The van der Waals surface area contributed by atoms with E-state index >= 15 is 0 Å². The first kappa shape index (κ1) is 16.6. The van der Waals surface area contributed by atoms with Crippen molar-refractivity contribution < 1.29 is 9.47 Å². The first-order chi connectivity index (χ1) is 11.5. The Morgan fingerprint density at radius 1 is 1.08 bits per heavy atom. The van der Waals surface area contributed by atoms with Crippen molar-refractivity contribution in [3.63, 3.8) is 0 Å². The molecule has 5 nitrogen and oxygen atoms in total. The largest absolute Gasteiger partial charge is 0.494 e. The van der Waals surface area contributed by atoms with Gasteiger partial charge in [-0.05, 0) is 39.8 Å². The molecule has 0 aliphatic heterocycles. The van der Waals surface area contributed by atoms with E-state index in [1.54, 1.807) is 7.11 Å². The molecule has 0 N–H and O–H groups in total. The molecule has 126 valence electrons. The van der Waals surface area contributed by atoms with E-state index in [4.69, 9.17) is 21.1 Å². The number of fused-ring (bicyclic) bond motifs is 1. The Hall–Kier alpha value is -2.27. The molecule has 24 heavy (non-hydrogen) atoms. The smallest absolute Gasteiger partial charge is 0.161 e. The molecule has 1 aromatic carbocycles. The van der Waals surface area contributed by atoms with E-state index < -0.39 is 0 Å². The fourth-order valence-corrected chi connectivity index (χ4v) is 3.48. The maximum Gasteiger partial charge on any atom is 0.161 e. The quantitative estimate of drug-likeness (QED) is 0.703. The van der Waals surface area contributed by atoms with Gasteiger partial charge in [-0.2, -0.15) is 5.10 Å². The fraction of sp³-hybridized carbons (Fsp3) is 0.333. The summed E-state index contributed by atoms with van der Waals surface area (Å²) < 4.78 is 13.3. The average molecular weight is 346 g/mol. The second kappa shape index (κ2) is 6.32. The molecule has 0 saturated carbocycles. The third-order valence-electron chi connectivity index (χ3n) is 4.20. The summed E-state index contributed by atoms with van der Waals surface area (Å²) in [5, 5.41) is 10.6. The molecule has 6 heteroatoms. The molecule has 0 aliphatic rings. The second-order valence-electron chi connectivity index (χ2n) is 5.60. The Morgan fingerprint density at radius 2 is 1.79 bits per heavy atom. The van der Waals surface area contributed by atoms with E-state index in [1.807, 2.05) is 39.0 Å². The van der Waals surface area contributed by atoms with Gasteiger partial charge in [0, 0.05) is 28.2 Å². The molecule has 0 amide bonds. The van der Waals surface area contributed by atoms with E-state index in [1.165, 1.54) is 0 Å². The van der Waals surface area contributed by atoms with Crippen molar-refractivity contribution in [3.8, 4) is 17.2 Å². The predicted molar refractivity (Wildman–Crippen MR) is 95.8 cm³/mol. The van der Waals surface area contributed by atoms with Crippen LogP contribution in [0.1, 0.15) is 24.0 Å². The number of nitrogens with zero attached hydrogens (tertiary/aromatic N) is 3. The summed E-state index contributed by atoms with van der Waals surface area (Å²) in [5.74, 6) is 1.52. The number of rotatable bonds is 4.